The molecule has 2 rings (SSSR count). The first-order valence-corrected chi connectivity index (χ1v) is 6.18. The van der Waals surface area contributed by atoms with Crippen molar-refractivity contribution in [2.45, 2.75) is 27.2 Å². The number of aryl methyl sites for hydroxylation is 2. The van der Waals surface area contributed by atoms with E-state index in [4.69, 9.17) is 11.5 Å². The fourth-order valence-corrected chi connectivity index (χ4v) is 2.16. The molecule has 0 unspecified atom stereocenters. The number of benzene rings is 2. The van der Waals surface area contributed by atoms with Crippen molar-refractivity contribution in [2.75, 3.05) is 11.5 Å². The van der Waals surface area contributed by atoms with E-state index >= 15 is 0 Å². The molecule has 94 valence electrons. The smallest absolute Gasteiger partial charge is 0.0370 e. The summed E-state index contributed by atoms with van der Waals surface area (Å²) in [5, 5.41) is 0. The summed E-state index contributed by atoms with van der Waals surface area (Å²) in [6, 6.07) is 10.3. The fraction of sp³-hybridized carbons (Fsp3) is 0.250. The Morgan fingerprint density at radius 1 is 0.833 bits per heavy atom. The molecule has 0 amide bonds. The largest absolute Gasteiger partial charge is 0.398 e. The van der Waals surface area contributed by atoms with Gasteiger partial charge in [-0.1, -0.05) is 24.3 Å². The lowest BCUT2D eigenvalue weighted by Gasteiger charge is -2.12. The lowest BCUT2D eigenvalue weighted by atomic mass is 9.95. The van der Waals surface area contributed by atoms with Gasteiger partial charge in [0.2, 0.25) is 0 Å². The third-order valence-electron chi connectivity index (χ3n) is 3.63. The van der Waals surface area contributed by atoms with Crippen molar-refractivity contribution in [3.8, 4) is 0 Å². The van der Waals surface area contributed by atoms with Crippen LogP contribution in [-0.2, 0) is 6.42 Å². The Morgan fingerprint density at radius 3 is 2.28 bits per heavy atom. The van der Waals surface area contributed by atoms with Crippen LogP contribution in [0.3, 0.4) is 0 Å². The Kier molecular flexibility index (Phi) is 3.28. The zero-order valence-electron chi connectivity index (χ0n) is 11.2. The molecule has 4 N–H and O–H groups in total. The van der Waals surface area contributed by atoms with E-state index in [2.05, 4.69) is 38.1 Å². The van der Waals surface area contributed by atoms with Gasteiger partial charge in [0.15, 0.2) is 0 Å². The molecule has 0 aromatic heterocycles. The van der Waals surface area contributed by atoms with Gasteiger partial charge in [0.05, 0.1) is 0 Å². The Labute approximate surface area is 109 Å². The van der Waals surface area contributed by atoms with Crippen molar-refractivity contribution < 1.29 is 0 Å². The van der Waals surface area contributed by atoms with Crippen molar-refractivity contribution in [2.24, 2.45) is 0 Å². The second-order valence-corrected chi connectivity index (χ2v) is 4.94. The highest BCUT2D eigenvalue weighted by Gasteiger charge is 2.07. The van der Waals surface area contributed by atoms with Gasteiger partial charge in [-0.3, -0.25) is 0 Å². The Hall–Kier alpha value is -1.96. The molecule has 0 aliphatic rings. The maximum Gasteiger partial charge on any atom is 0.0370 e. The van der Waals surface area contributed by atoms with Crippen molar-refractivity contribution in [3.63, 3.8) is 0 Å². The fourth-order valence-electron chi connectivity index (χ4n) is 2.16. The summed E-state index contributed by atoms with van der Waals surface area (Å²) >= 11 is 0. The SMILES string of the molecule is Cc1cc(Cc2cccc(C)c2C)c(N)cc1N. The number of hydrogen-bond donors (Lipinski definition) is 2. The van der Waals surface area contributed by atoms with E-state index in [1.54, 1.807) is 0 Å². The van der Waals surface area contributed by atoms with Crippen LogP contribution in [0.25, 0.3) is 0 Å². The molecule has 0 heterocycles. The van der Waals surface area contributed by atoms with Crippen molar-refractivity contribution in [1.29, 1.82) is 0 Å². The van der Waals surface area contributed by atoms with E-state index in [0.29, 0.717) is 0 Å². The molecule has 0 bridgehead atoms. The van der Waals surface area contributed by atoms with Gasteiger partial charge >= 0.3 is 0 Å². The first-order chi connectivity index (χ1) is 8.49. The third-order valence-corrected chi connectivity index (χ3v) is 3.63. The van der Waals surface area contributed by atoms with Crippen LogP contribution in [0.2, 0.25) is 0 Å². The minimum absolute atomic E-state index is 0.761. The molecule has 2 nitrogen and oxygen atoms in total. The topological polar surface area (TPSA) is 52.0 Å². The summed E-state index contributed by atoms with van der Waals surface area (Å²) in [6.07, 6.45) is 0.862. The second-order valence-electron chi connectivity index (χ2n) is 4.94. The van der Waals surface area contributed by atoms with E-state index in [1.165, 1.54) is 16.7 Å². The van der Waals surface area contributed by atoms with Gasteiger partial charge in [-0.05, 0) is 61.1 Å². The minimum atomic E-state index is 0.761. The first-order valence-electron chi connectivity index (χ1n) is 6.18. The Balaban J connectivity index is 2.40. The standard InChI is InChI=1S/C16H20N2/c1-10-5-4-6-13(12(10)3)8-14-7-11(2)15(17)9-16(14)18/h4-7,9H,8,17-18H2,1-3H3. The molecule has 0 spiro atoms. The van der Waals surface area contributed by atoms with Gasteiger partial charge in [0, 0.05) is 11.4 Å². The second kappa shape index (κ2) is 4.73. The van der Waals surface area contributed by atoms with Gasteiger partial charge in [0.1, 0.15) is 0 Å². The highest BCUT2D eigenvalue weighted by molar-refractivity contribution is 5.62. The number of nitrogen functional groups attached to an aromatic ring is 2. The van der Waals surface area contributed by atoms with Gasteiger partial charge in [0.25, 0.3) is 0 Å². The summed E-state index contributed by atoms with van der Waals surface area (Å²) in [5.41, 5.74) is 19.7. The van der Waals surface area contributed by atoms with Gasteiger partial charge in [-0.2, -0.15) is 0 Å². The summed E-state index contributed by atoms with van der Waals surface area (Å²) in [5.74, 6) is 0. The normalized spacial score (nSPS) is 10.6. The van der Waals surface area contributed by atoms with Crippen LogP contribution in [0, 0.1) is 20.8 Å². The zero-order valence-corrected chi connectivity index (χ0v) is 11.2. The third kappa shape index (κ3) is 2.33. The van der Waals surface area contributed by atoms with Crippen molar-refractivity contribution in [1.82, 2.24) is 0 Å². The highest BCUT2D eigenvalue weighted by Crippen LogP contribution is 2.24. The monoisotopic (exact) mass is 240 g/mol. The molecular weight excluding hydrogens is 220 g/mol. The van der Waals surface area contributed by atoms with E-state index in [9.17, 15) is 0 Å². The summed E-state index contributed by atoms with van der Waals surface area (Å²) in [4.78, 5) is 0. The van der Waals surface area contributed by atoms with Crippen LogP contribution in [0.5, 0.6) is 0 Å². The molecule has 2 aromatic rings. The predicted octanol–water partition coefficient (Wildman–Crippen LogP) is 3.37. The van der Waals surface area contributed by atoms with Gasteiger partial charge < -0.3 is 11.5 Å². The van der Waals surface area contributed by atoms with Crippen LogP contribution in [0.4, 0.5) is 11.4 Å². The molecule has 18 heavy (non-hydrogen) atoms. The maximum atomic E-state index is 6.05. The molecule has 0 aliphatic carbocycles. The quantitative estimate of drug-likeness (QED) is 0.791. The molecule has 0 saturated carbocycles. The van der Waals surface area contributed by atoms with E-state index in [1.807, 2.05) is 13.0 Å². The van der Waals surface area contributed by atoms with Crippen molar-refractivity contribution in [3.05, 3.63) is 58.1 Å². The van der Waals surface area contributed by atoms with Gasteiger partial charge in [-0.15, -0.1) is 0 Å². The lowest BCUT2D eigenvalue weighted by molar-refractivity contribution is 1.13. The number of nitrogens with two attached hydrogens (primary N) is 2. The van der Waals surface area contributed by atoms with Gasteiger partial charge in [-0.25, -0.2) is 0 Å². The number of rotatable bonds is 2. The van der Waals surface area contributed by atoms with Crippen LogP contribution in [0.15, 0.2) is 30.3 Å². The lowest BCUT2D eigenvalue weighted by Crippen LogP contribution is -2.01. The Bertz CT molecular complexity index is 586. The van der Waals surface area contributed by atoms with Crippen LogP contribution >= 0.6 is 0 Å². The molecule has 0 atom stereocenters. The molecule has 2 aromatic carbocycles. The summed E-state index contributed by atoms with van der Waals surface area (Å²) in [6.45, 7) is 6.31. The predicted molar refractivity (Wildman–Crippen MR) is 78.7 cm³/mol. The minimum Gasteiger partial charge on any atom is -0.398 e. The molecule has 0 saturated heterocycles. The van der Waals surface area contributed by atoms with Crippen LogP contribution in [-0.4, -0.2) is 0 Å². The zero-order chi connectivity index (χ0) is 13.3. The average Bonchev–Trinajstić information content (AvgIpc) is 2.32. The number of hydrogen-bond acceptors (Lipinski definition) is 2. The maximum absolute atomic E-state index is 6.05. The van der Waals surface area contributed by atoms with E-state index in [-0.39, 0.29) is 0 Å². The molecule has 0 fully saturated rings. The van der Waals surface area contributed by atoms with Crippen molar-refractivity contribution >= 4 is 11.4 Å². The summed E-state index contributed by atoms with van der Waals surface area (Å²) < 4.78 is 0. The highest BCUT2D eigenvalue weighted by atomic mass is 14.6. The molecule has 0 radical (unpaired) electrons. The van der Waals surface area contributed by atoms with Crippen LogP contribution in [0.1, 0.15) is 27.8 Å². The average molecular weight is 240 g/mol. The first kappa shape index (κ1) is 12.5. The summed E-state index contributed by atoms with van der Waals surface area (Å²) in [7, 11) is 0. The molecular formula is C16H20N2. The Morgan fingerprint density at radius 2 is 1.56 bits per heavy atom. The van der Waals surface area contributed by atoms with E-state index < -0.39 is 0 Å². The van der Waals surface area contributed by atoms with E-state index in [0.717, 1.165) is 28.9 Å². The number of anilines is 2. The molecule has 0 aliphatic heterocycles. The molecule has 2 heteroatoms. The van der Waals surface area contributed by atoms with Crippen LogP contribution < -0.4 is 11.5 Å².